The topological polar surface area (TPSA) is 125 Å². The molecular formula is C14H17N3O5. The number of carbonyl (C=O) groups is 1. The van der Waals surface area contributed by atoms with Crippen LogP contribution in [-0.2, 0) is 9.47 Å². The third-order valence-corrected chi connectivity index (χ3v) is 3.54. The van der Waals surface area contributed by atoms with Gasteiger partial charge in [-0.2, -0.15) is 0 Å². The Morgan fingerprint density at radius 1 is 1.45 bits per heavy atom. The predicted octanol–water partition coefficient (Wildman–Crippen LogP) is 1.03. The van der Waals surface area contributed by atoms with Crippen molar-refractivity contribution >= 4 is 5.97 Å². The van der Waals surface area contributed by atoms with Gasteiger partial charge in [0.15, 0.2) is 0 Å². The zero-order chi connectivity index (χ0) is 16.1. The highest BCUT2D eigenvalue weighted by Gasteiger charge is 2.45. The highest BCUT2D eigenvalue weighted by molar-refractivity contribution is 5.89. The number of nitrogens with zero attached hydrogens (tertiary/aromatic N) is 3. The molecule has 1 aromatic carbocycles. The van der Waals surface area contributed by atoms with Crippen molar-refractivity contribution in [1.29, 1.82) is 0 Å². The minimum atomic E-state index is -1.29. The Hall–Kier alpha value is -2.12. The Morgan fingerprint density at radius 3 is 2.73 bits per heavy atom. The van der Waals surface area contributed by atoms with Gasteiger partial charge in [0.1, 0.15) is 24.4 Å². The summed E-state index contributed by atoms with van der Waals surface area (Å²) in [6.07, 6.45) is -3.90. The van der Waals surface area contributed by atoms with Gasteiger partial charge in [-0.05, 0) is 24.6 Å². The molecule has 1 aromatic rings. The first-order valence-electron chi connectivity index (χ1n) is 6.83. The summed E-state index contributed by atoms with van der Waals surface area (Å²) in [5.41, 5.74) is 8.96. The monoisotopic (exact) mass is 307 g/mol. The molecule has 1 aliphatic heterocycles. The second-order valence-corrected chi connectivity index (χ2v) is 4.98. The molecule has 8 nitrogen and oxygen atoms in total. The Morgan fingerprint density at radius 2 is 2.14 bits per heavy atom. The molecule has 118 valence electrons. The van der Waals surface area contributed by atoms with E-state index in [4.69, 9.17) is 15.0 Å². The lowest BCUT2D eigenvalue weighted by atomic mass is 9.94. The number of carbonyl (C=O) groups excluding carboxylic acids is 1. The number of hydrogen-bond donors (Lipinski definition) is 2. The SMILES string of the molecule is CC1OC(CO)[C@H](O)[C@H](OC(=O)c2ccccc2)C1N=[N+]=[N-]. The van der Waals surface area contributed by atoms with Gasteiger partial charge in [-0.3, -0.25) is 0 Å². The molecule has 1 aliphatic rings. The molecule has 0 bridgehead atoms. The Labute approximate surface area is 126 Å². The molecule has 0 radical (unpaired) electrons. The van der Waals surface area contributed by atoms with E-state index in [1.54, 1.807) is 37.3 Å². The van der Waals surface area contributed by atoms with E-state index in [1.165, 1.54) is 0 Å². The zero-order valence-corrected chi connectivity index (χ0v) is 11.9. The van der Waals surface area contributed by atoms with Crippen LogP contribution >= 0.6 is 0 Å². The van der Waals surface area contributed by atoms with Crippen LogP contribution in [0.15, 0.2) is 35.4 Å². The second kappa shape index (κ2) is 7.24. The number of aliphatic hydroxyl groups is 2. The first kappa shape index (κ1) is 16.3. The molecule has 8 heteroatoms. The maximum atomic E-state index is 12.1. The van der Waals surface area contributed by atoms with Crippen molar-refractivity contribution in [2.24, 2.45) is 5.11 Å². The molecule has 3 unspecified atom stereocenters. The van der Waals surface area contributed by atoms with Gasteiger partial charge in [0.25, 0.3) is 0 Å². The predicted molar refractivity (Wildman–Crippen MR) is 76.0 cm³/mol. The number of ether oxygens (including phenoxy) is 2. The third-order valence-electron chi connectivity index (χ3n) is 3.54. The smallest absolute Gasteiger partial charge is 0.338 e. The number of esters is 1. The summed E-state index contributed by atoms with van der Waals surface area (Å²) in [5, 5.41) is 23.0. The lowest BCUT2D eigenvalue weighted by Gasteiger charge is -2.41. The van der Waals surface area contributed by atoms with Crippen molar-refractivity contribution in [2.45, 2.75) is 37.4 Å². The van der Waals surface area contributed by atoms with E-state index in [0.29, 0.717) is 5.56 Å². The van der Waals surface area contributed by atoms with Gasteiger partial charge in [-0.15, -0.1) is 0 Å². The van der Waals surface area contributed by atoms with Crippen LogP contribution in [0.25, 0.3) is 10.4 Å². The fraction of sp³-hybridized carbons (Fsp3) is 0.500. The van der Waals surface area contributed by atoms with E-state index in [1.807, 2.05) is 0 Å². The van der Waals surface area contributed by atoms with Gasteiger partial charge < -0.3 is 19.7 Å². The Balaban J connectivity index is 2.22. The Bertz CT molecular complexity index is 561. The van der Waals surface area contributed by atoms with Gasteiger partial charge in [-0.1, -0.05) is 23.3 Å². The lowest BCUT2D eigenvalue weighted by molar-refractivity contribution is -0.184. The molecule has 0 saturated carbocycles. The van der Waals surface area contributed by atoms with Crippen LogP contribution in [0.3, 0.4) is 0 Å². The maximum absolute atomic E-state index is 12.1. The summed E-state index contributed by atoms with van der Waals surface area (Å²) in [6.45, 7) is 1.19. The largest absolute Gasteiger partial charge is 0.455 e. The zero-order valence-electron chi connectivity index (χ0n) is 11.9. The summed E-state index contributed by atoms with van der Waals surface area (Å²) in [5.74, 6) is -0.645. The highest BCUT2D eigenvalue weighted by Crippen LogP contribution is 2.26. The number of azide groups is 1. The second-order valence-electron chi connectivity index (χ2n) is 4.98. The summed E-state index contributed by atoms with van der Waals surface area (Å²) >= 11 is 0. The fourth-order valence-corrected chi connectivity index (χ4v) is 2.39. The van der Waals surface area contributed by atoms with E-state index < -0.39 is 43.0 Å². The molecule has 2 rings (SSSR count). The number of rotatable bonds is 4. The first-order chi connectivity index (χ1) is 10.6. The molecule has 1 fully saturated rings. The minimum Gasteiger partial charge on any atom is -0.455 e. The highest BCUT2D eigenvalue weighted by atomic mass is 16.6. The molecule has 5 atom stereocenters. The fourth-order valence-electron chi connectivity index (χ4n) is 2.39. The molecular weight excluding hydrogens is 290 g/mol. The van der Waals surface area contributed by atoms with Crippen LogP contribution in [0.2, 0.25) is 0 Å². The molecule has 2 N–H and O–H groups in total. The quantitative estimate of drug-likeness (QED) is 0.372. The maximum Gasteiger partial charge on any atom is 0.338 e. The van der Waals surface area contributed by atoms with E-state index in [2.05, 4.69) is 10.0 Å². The van der Waals surface area contributed by atoms with Gasteiger partial charge in [0.2, 0.25) is 0 Å². The van der Waals surface area contributed by atoms with Gasteiger partial charge in [0.05, 0.1) is 18.3 Å². The van der Waals surface area contributed by atoms with Crippen LogP contribution < -0.4 is 0 Å². The van der Waals surface area contributed by atoms with Crippen molar-refractivity contribution in [2.75, 3.05) is 6.61 Å². The van der Waals surface area contributed by atoms with Crippen LogP contribution in [0.5, 0.6) is 0 Å². The summed E-state index contributed by atoms with van der Waals surface area (Å²) in [4.78, 5) is 14.8. The van der Waals surface area contributed by atoms with Gasteiger partial charge in [0, 0.05) is 4.91 Å². The van der Waals surface area contributed by atoms with E-state index in [-0.39, 0.29) is 0 Å². The van der Waals surface area contributed by atoms with Gasteiger partial charge >= 0.3 is 5.97 Å². The van der Waals surface area contributed by atoms with Gasteiger partial charge in [-0.25, -0.2) is 4.79 Å². The van der Waals surface area contributed by atoms with Crippen LogP contribution in [0.1, 0.15) is 17.3 Å². The number of benzene rings is 1. The van der Waals surface area contributed by atoms with Crippen molar-refractivity contribution < 1.29 is 24.5 Å². The molecule has 1 heterocycles. The van der Waals surface area contributed by atoms with Crippen molar-refractivity contribution in [3.8, 4) is 0 Å². The minimum absolute atomic E-state index is 0.314. The van der Waals surface area contributed by atoms with E-state index in [0.717, 1.165) is 0 Å². The average Bonchev–Trinajstić information content (AvgIpc) is 2.54. The van der Waals surface area contributed by atoms with Crippen LogP contribution in [-0.4, -0.2) is 53.2 Å². The summed E-state index contributed by atoms with van der Waals surface area (Å²) in [6, 6.07) is 7.39. The van der Waals surface area contributed by atoms with Crippen molar-refractivity contribution in [3.63, 3.8) is 0 Å². The van der Waals surface area contributed by atoms with Crippen LogP contribution in [0, 0.1) is 0 Å². The van der Waals surface area contributed by atoms with Crippen LogP contribution in [0.4, 0.5) is 0 Å². The molecule has 0 amide bonds. The average molecular weight is 307 g/mol. The van der Waals surface area contributed by atoms with E-state index in [9.17, 15) is 15.0 Å². The molecule has 22 heavy (non-hydrogen) atoms. The normalized spacial score (nSPS) is 31.1. The molecule has 0 aliphatic carbocycles. The summed E-state index contributed by atoms with van der Waals surface area (Å²) in [7, 11) is 0. The Kier molecular flexibility index (Phi) is 5.35. The third kappa shape index (κ3) is 3.37. The molecule has 0 aromatic heterocycles. The van der Waals surface area contributed by atoms with Crippen molar-refractivity contribution in [1.82, 2.24) is 0 Å². The number of hydrogen-bond acceptors (Lipinski definition) is 6. The first-order valence-corrected chi connectivity index (χ1v) is 6.83. The summed E-state index contributed by atoms with van der Waals surface area (Å²) < 4.78 is 10.7. The van der Waals surface area contributed by atoms with Crippen molar-refractivity contribution in [3.05, 3.63) is 46.3 Å². The standard InChI is InChI=1S/C14H17N3O5/c1-8-11(16-17-15)13(12(19)10(7-18)21-8)22-14(20)9-5-3-2-4-6-9/h2-6,8,10-13,18-19H,7H2,1H3/t8?,10?,11?,12-,13+/m0/s1. The molecule has 0 spiro atoms. The number of aliphatic hydroxyl groups excluding tert-OH is 2. The van der Waals surface area contributed by atoms with E-state index >= 15 is 0 Å². The lowest BCUT2D eigenvalue weighted by Crippen LogP contribution is -2.58. The molecule has 1 saturated heterocycles.